The van der Waals surface area contributed by atoms with Crippen LogP contribution in [0, 0.1) is 0 Å². The number of benzene rings is 2. The largest absolute Gasteiger partial charge is 0.465 e. The first kappa shape index (κ1) is 21.3. The Morgan fingerprint density at radius 2 is 1.48 bits per heavy atom. The molecule has 0 bridgehead atoms. The monoisotopic (exact) mass is 397 g/mol. The SMILES string of the molecule is COC(CN1CCN(C(=O)O)CC1)CN(Cc1ccccc1)Cc1ccccc1. The number of piperazine rings is 1. The summed E-state index contributed by atoms with van der Waals surface area (Å²) in [5.74, 6) is 0. The molecule has 0 saturated carbocycles. The lowest BCUT2D eigenvalue weighted by atomic mass is 10.1. The highest BCUT2D eigenvalue weighted by molar-refractivity contribution is 5.65. The van der Waals surface area contributed by atoms with E-state index in [0.717, 1.165) is 39.3 Å². The predicted octanol–water partition coefficient (Wildman–Crippen LogP) is 3.00. The van der Waals surface area contributed by atoms with Crippen LogP contribution in [-0.2, 0) is 17.8 Å². The molecule has 2 aromatic rings. The summed E-state index contributed by atoms with van der Waals surface area (Å²) in [6.45, 7) is 5.98. The third kappa shape index (κ3) is 6.85. The van der Waals surface area contributed by atoms with Gasteiger partial charge in [-0.2, -0.15) is 0 Å². The number of nitrogens with zero attached hydrogens (tertiary/aromatic N) is 3. The molecule has 1 unspecified atom stereocenters. The summed E-state index contributed by atoms with van der Waals surface area (Å²) in [6.07, 6.45) is -0.761. The minimum Gasteiger partial charge on any atom is -0.465 e. The van der Waals surface area contributed by atoms with E-state index in [1.165, 1.54) is 16.0 Å². The van der Waals surface area contributed by atoms with E-state index in [1.54, 1.807) is 7.11 Å². The molecule has 1 saturated heterocycles. The Balaban J connectivity index is 1.60. The van der Waals surface area contributed by atoms with E-state index >= 15 is 0 Å². The molecule has 1 aliphatic rings. The molecule has 2 aromatic carbocycles. The summed E-state index contributed by atoms with van der Waals surface area (Å²) in [5.41, 5.74) is 2.57. The van der Waals surface area contributed by atoms with Gasteiger partial charge in [-0.3, -0.25) is 9.80 Å². The molecule has 6 heteroatoms. The lowest BCUT2D eigenvalue weighted by Gasteiger charge is -2.36. The van der Waals surface area contributed by atoms with Crippen molar-refractivity contribution >= 4 is 6.09 Å². The second kappa shape index (κ2) is 11.0. The lowest BCUT2D eigenvalue weighted by Crippen LogP contribution is -2.51. The maximum absolute atomic E-state index is 11.1. The molecule has 1 atom stereocenters. The highest BCUT2D eigenvalue weighted by Crippen LogP contribution is 2.13. The topological polar surface area (TPSA) is 56.3 Å². The maximum Gasteiger partial charge on any atom is 0.407 e. The van der Waals surface area contributed by atoms with E-state index in [9.17, 15) is 4.79 Å². The lowest BCUT2D eigenvalue weighted by molar-refractivity contribution is 0.0188. The third-order valence-electron chi connectivity index (χ3n) is 5.40. The number of ether oxygens (including phenoxy) is 1. The Hall–Kier alpha value is -2.41. The van der Waals surface area contributed by atoms with Gasteiger partial charge in [0.15, 0.2) is 0 Å². The van der Waals surface area contributed by atoms with Crippen LogP contribution in [0.25, 0.3) is 0 Å². The van der Waals surface area contributed by atoms with Crippen molar-refractivity contribution < 1.29 is 14.6 Å². The average molecular weight is 398 g/mol. The van der Waals surface area contributed by atoms with Gasteiger partial charge in [-0.05, 0) is 11.1 Å². The average Bonchev–Trinajstić information content (AvgIpc) is 2.75. The Kier molecular flexibility index (Phi) is 8.04. The first-order valence-electron chi connectivity index (χ1n) is 10.2. The summed E-state index contributed by atoms with van der Waals surface area (Å²) < 4.78 is 5.82. The first-order chi connectivity index (χ1) is 14.1. The predicted molar refractivity (Wildman–Crippen MR) is 114 cm³/mol. The minimum atomic E-state index is -0.829. The molecule has 1 fully saturated rings. The van der Waals surface area contributed by atoms with Crippen molar-refractivity contribution in [3.63, 3.8) is 0 Å². The molecule has 0 spiro atoms. The standard InChI is InChI=1S/C23H31N3O3/c1-29-22(18-24-12-14-26(15-13-24)23(27)28)19-25(16-20-8-4-2-5-9-20)17-21-10-6-3-7-11-21/h2-11,22H,12-19H2,1H3,(H,27,28). The van der Waals surface area contributed by atoms with Crippen LogP contribution in [0.2, 0.25) is 0 Å². The maximum atomic E-state index is 11.1. The quantitative estimate of drug-likeness (QED) is 0.705. The highest BCUT2D eigenvalue weighted by atomic mass is 16.5. The zero-order chi connectivity index (χ0) is 20.5. The Labute approximate surface area is 173 Å². The van der Waals surface area contributed by atoms with Crippen LogP contribution in [0.1, 0.15) is 11.1 Å². The fourth-order valence-electron chi connectivity index (χ4n) is 3.77. The normalized spacial score (nSPS) is 16.1. The van der Waals surface area contributed by atoms with Crippen molar-refractivity contribution in [1.82, 2.24) is 14.7 Å². The molecule has 0 radical (unpaired) electrons. The van der Waals surface area contributed by atoms with Crippen LogP contribution in [-0.4, -0.2) is 78.4 Å². The van der Waals surface area contributed by atoms with Crippen LogP contribution in [0.5, 0.6) is 0 Å². The Morgan fingerprint density at radius 3 is 1.93 bits per heavy atom. The van der Waals surface area contributed by atoms with E-state index in [-0.39, 0.29) is 6.10 Å². The number of hydrogen-bond donors (Lipinski definition) is 1. The van der Waals surface area contributed by atoms with E-state index in [4.69, 9.17) is 9.84 Å². The molecule has 3 rings (SSSR count). The summed E-state index contributed by atoms with van der Waals surface area (Å²) in [6, 6.07) is 21.0. The second-order valence-electron chi connectivity index (χ2n) is 7.57. The molecule has 29 heavy (non-hydrogen) atoms. The van der Waals surface area contributed by atoms with Gasteiger partial charge < -0.3 is 14.7 Å². The molecule has 0 aromatic heterocycles. The first-order valence-corrected chi connectivity index (χ1v) is 10.2. The molecule has 6 nitrogen and oxygen atoms in total. The van der Waals surface area contributed by atoms with Crippen molar-refractivity contribution in [1.29, 1.82) is 0 Å². The van der Waals surface area contributed by atoms with E-state index in [0.29, 0.717) is 13.1 Å². The molecule has 1 heterocycles. The van der Waals surface area contributed by atoms with Crippen molar-refractivity contribution in [2.75, 3.05) is 46.4 Å². The van der Waals surface area contributed by atoms with Gasteiger partial charge in [0.1, 0.15) is 0 Å². The Morgan fingerprint density at radius 1 is 0.966 bits per heavy atom. The summed E-state index contributed by atoms with van der Waals surface area (Å²) in [7, 11) is 1.77. The van der Waals surface area contributed by atoms with E-state index < -0.39 is 6.09 Å². The number of hydrogen-bond acceptors (Lipinski definition) is 4. The molecule has 156 valence electrons. The summed E-state index contributed by atoms with van der Waals surface area (Å²) >= 11 is 0. The van der Waals surface area contributed by atoms with Gasteiger partial charge >= 0.3 is 6.09 Å². The van der Waals surface area contributed by atoms with Crippen LogP contribution in [0.15, 0.2) is 60.7 Å². The van der Waals surface area contributed by atoms with E-state index in [1.807, 2.05) is 12.1 Å². The van der Waals surface area contributed by atoms with Gasteiger partial charge in [-0.1, -0.05) is 60.7 Å². The molecular weight excluding hydrogens is 366 g/mol. The van der Waals surface area contributed by atoms with Crippen LogP contribution in [0.4, 0.5) is 4.79 Å². The number of carboxylic acid groups (broad SMARTS) is 1. The van der Waals surface area contributed by atoms with Crippen molar-refractivity contribution in [3.8, 4) is 0 Å². The van der Waals surface area contributed by atoms with E-state index in [2.05, 4.69) is 58.3 Å². The summed E-state index contributed by atoms with van der Waals surface area (Å²) in [5, 5.41) is 9.13. The van der Waals surface area contributed by atoms with Crippen molar-refractivity contribution in [2.45, 2.75) is 19.2 Å². The van der Waals surface area contributed by atoms with Crippen LogP contribution < -0.4 is 0 Å². The molecular formula is C23H31N3O3. The van der Waals surface area contributed by atoms with Crippen LogP contribution in [0.3, 0.4) is 0 Å². The number of amides is 1. The van der Waals surface area contributed by atoms with Crippen LogP contribution >= 0.6 is 0 Å². The number of rotatable bonds is 9. The van der Waals surface area contributed by atoms with Crippen molar-refractivity contribution in [3.05, 3.63) is 71.8 Å². The van der Waals surface area contributed by atoms with Gasteiger partial charge in [0.2, 0.25) is 0 Å². The molecule has 1 aliphatic heterocycles. The van der Waals surface area contributed by atoms with Gasteiger partial charge in [0.05, 0.1) is 6.10 Å². The highest BCUT2D eigenvalue weighted by Gasteiger charge is 2.23. The van der Waals surface area contributed by atoms with Gasteiger partial charge in [0, 0.05) is 59.5 Å². The fraction of sp³-hybridized carbons (Fsp3) is 0.435. The van der Waals surface area contributed by atoms with Gasteiger partial charge in [-0.15, -0.1) is 0 Å². The molecule has 1 amide bonds. The molecule has 0 aliphatic carbocycles. The smallest absolute Gasteiger partial charge is 0.407 e. The molecule has 1 N–H and O–H groups in total. The second-order valence-corrected chi connectivity index (χ2v) is 7.57. The Bertz CT molecular complexity index is 692. The number of methoxy groups -OCH3 is 1. The minimum absolute atomic E-state index is 0.0683. The van der Waals surface area contributed by atoms with Gasteiger partial charge in [-0.25, -0.2) is 4.79 Å². The number of carbonyl (C=O) groups is 1. The van der Waals surface area contributed by atoms with Crippen molar-refractivity contribution in [2.24, 2.45) is 0 Å². The zero-order valence-electron chi connectivity index (χ0n) is 17.1. The third-order valence-corrected chi connectivity index (χ3v) is 5.40. The summed E-state index contributed by atoms with van der Waals surface area (Å²) in [4.78, 5) is 17.3. The fourth-order valence-corrected chi connectivity index (χ4v) is 3.77. The van der Waals surface area contributed by atoms with Gasteiger partial charge in [0.25, 0.3) is 0 Å². The zero-order valence-corrected chi connectivity index (χ0v) is 17.1.